The molecule has 0 bridgehead atoms. The van der Waals surface area contributed by atoms with Gasteiger partial charge in [-0.2, -0.15) is 0 Å². The molecule has 1 aromatic heterocycles. The maximum absolute atomic E-state index is 14.2. The summed E-state index contributed by atoms with van der Waals surface area (Å²) in [6, 6.07) is 9.48. The monoisotopic (exact) mass is 319 g/mol. The number of fused-ring (bicyclic) bond motifs is 1. The van der Waals surface area contributed by atoms with Crippen LogP contribution in [0.15, 0.2) is 36.4 Å². The van der Waals surface area contributed by atoms with Gasteiger partial charge in [-0.1, -0.05) is 12.1 Å². The second-order valence-electron chi connectivity index (χ2n) is 5.29. The molecule has 0 amide bonds. The summed E-state index contributed by atoms with van der Waals surface area (Å²) in [6.07, 6.45) is 1.60. The third-order valence-corrected chi connectivity index (χ3v) is 3.77. The summed E-state index contributed by atoms with van der Waals surface area (Å²) in [5, 5.41) is 0. The average Bonchev–Trinajstić information content (AvgIpc) is 2.92. The van der Waals surface area contributed by atoms with Crippen LogP contribution in [0.5, 0.6) is 0 Å². The van der Waals surface area contributed by atoms with E-state index < -0.39 is 17.5 Å². The van der Waals surface area contributed by atoms with Crippen LogP contribution in [0.2, 0.25) is 0 Å². The molecule has 0 aliphatic carbocycles. The fourth-order valence-electron chi connectivity index (χ4n) is 2.62. The molecule has 0 saturated carbocycles. The number of hydrogen-bond donors (Lipinski definition) is 1. The number of halogens is 3. The van der Waals surface area contributed by atoms with Crippen LogP contribution in [-0.2, 0) is 6.54 Å². The van der Waals surface area contributed by atoms with Gasteiger partial charge in [0, 0.05) is 6.54 Å². The summed E-state index contributed by atoms with van der Waals surface area (Å²) in [5.41, 5.74) is 6.97. The Hall–Kier alpha value is -2.34. The van der Waals surface area contributed by atoms with Gasteiger partial charge >= 0.3 is 0 Å². The molecule has 0 aliphatic rings. The van der Waals surface area contributed by atoms with Crippen LogP contribution in [0.4, 0.5) is 13.2 Å². The van der Waals surface area contributed by atoms with Crippen molar-refractivity contribution < 1.29 is 13.2 Å². The van der Waals surface area contributed by atoms with Gasteiger partial charge in [-0.3, -0.25) is 0 Å². The van der Waals surface area contributed by atoms with Crippen LogP contribution in [0.3, 0.4) is 0 Å². The van der Waals surface area contributed by atoms with E-state index in [9.17, 15) is 13.2 Å². The number of imidazole rings is 1. The minimum Gasteiger partial charge on any atom is -0.330 e. The van der Waals surface area contributed by atoms with E-state index in [1.165, 1.54) is 6.07 Å². The zero-order valence-corrected chi connectivity index (χ0v) is 12.4. The summed E-state index contributed by atoms with van der Waals surface area (Å²) >= 11 is 0. The van der Waals surface area contributed by atoms with Crippen molar-refractivity contribution in [3.63, 3.8) is 0 Å². The summed E-state index contributed by atoms with van der Waals surface area (Å²) in [4.78, 5) is 4.40. The molecule has 0 aliphatic heterocycles. The maximum Gasteiger partial charge on any atom is 0.195 e. The Morgan fingerprint density at radius 3 is 2.52 bits per heavy atom. The van der Waals surface area contributed by atoms with Gasteiger partial charge in [0.1, 0.15) is 5.82 Å². The standard InChI is InChI=1S/C17H16F3N3/c18-12-8-7-11(15(19)16(12)20)17-22-13-5-1-2-6-14(13)23(17)10-4-3-9-21/h1-2,5-8H,3-4,9-10,21H2. The number of rotatable bonds is 5. The van der Waals surface area contributed by atoms with E-state index in [2.05, 4.69) is 4.98 Å². The van der Waals surface area contributed by atoms with E-state index in [1.807, 2.05) is 22.8 Å². The first-order valence-electron chi connectivity index (χ1n) is 7.42. The van der Waals surface area contributed by atoms with Crippen molar-refractivity contribution in [1.29, 1.82) is 0 Å². The second-order valence-corrected chi connectivity index (χ2v) is 5.29. The molecule has 6 heteroatoms. The molecule has 120 valence electrons. The number of unbranched alkanes of at least 4 members (excludes halogenated alkanes) is 1. The van der Waals surface area contributed by atoms with Gasteiger partial charge < -0.3 is 10.3 Å². The number of hydrogen-bond acceptors (Lipinski definition) is 2. The lowest BCUT2D eigenvalue weighted by Crippen LogP contribution is -2.06. The van der Waals surface area contributed by atoms with Crippen molar-refractivity contribution in [2.24, 2.45) is 5.73 Å². The largest absolute Gasteiger partial charge is 0.330 e. The zero-order chi connectivity index (χ0) is 16.4. The minimum absolute atomic E-state index is 0.0483. The van der Waals surface area contributed by atoms with Gasteiger partial charge in [0.15, 0.2) is 17.5 Å². The van der Waals surface area contributed by atoms with Gasteiger partial charge in [-0.25, -0.2) is 18.2 Å². The third kappa shape index (κ3) is 2.82. The van der Waals surface area contributed by atoms with Gasteiger partial charge in [0.05, 0.1) is 16.6 Å². The normalized spacial score (nSPS) is 11.3. The highest BCUT2D eigenvalue weighted by Gasteiger charge is 2.20. The number of nitrogens with two attached hydrogens (primary N) is 1. The van der Waals surface area contributed by atoms with Gasteiger partial charge in [0.25, 0.3) is 0 Å². The zero-order valence-electron chi connectivity index (χ0n) is 12.4. The molecule has 0 saturated heterocycles. The van der Waals surface area contributed by atoms with Gasteiger partial charge in [0.2, 0.25) is 0 Å². The van der Waals surface area contributed by atoms with Crippen molar-refractivity contribution in [3.05, 3.63) is 53.8 Å². The smallest absolute Gasteiger partial charge is 0.195 e. The lowest BCUT2D eigenvalue weighted by molar-refractivity contribution is 0.448. The van der Waals surface area contributed by atoms with Crippen LogP contribution >= 0.6 is 0 Å². The van der Waals surface area contributed by atoms with E-state index in [0.29, 0.717) is 24.4 Å². The molecule has 0 spiro atoms. The molecule has 3 rings (SSSR count). The lowest BCUT2D eigenvalue weighted by Gasteiger charge is -2.10. The van der Waals surface area contributed by atoms with E-state index in [4.69, 9.17) is 5.73 Å². The van der Waals surface area contributed by atoms with Crippen LogP contribution in [0, 0.1) is 17.5 Å². The highest BCUT2D eigenvalue weighted by Crippen LogP contribution is 2.29. The van der Waals surface area contributed by atoms with Crippen LogP contribution < -0.4 is 5.73 Å². The molecular formula is C17H16F3N3. The molecule has 2 N–H and O–H groups in total. The van der Waals surface area contributed by atoms with E-state index in [-0.39, 0.29) is 5.56 Å². The average molecular weight is 319 g/mol. The molecule has 3 aromatic rings. The lowest BCUT2D eigenvalue weighted by atomic mass is 10.1. The Kier molecular flexibility index (Phi) is 4.34. The number of para-hydroxylation sites is 2. The third-order valence-electron chi connectivity index (χ3n) is 3.77. The number of benzene rings is 2. The Balaban J connectivity index is 2.16. The Labute approximate surface area is 131 Å². The molecule has 23 heavy (non-hydrogen) atoms. The van der Waals surface area contributed by atoms with Crippen molar-refractivity contribution in [2.45, 2.75) is 19.4 Å². The van der Waals surface area contributed by atoms with Crippen molar-refractivity contribution in [3.8, 4) is 11.4 Å². The molecule has 0 unspecified atom stereocenters. The van der Waals surface area contributed by atoms with Crippen molar-refractivity contribution >= 4 is 11.0 Å². The summed E-state index contributed by atoms with van der Waals surface area (Å²) < 4.78 is 42.7. The Bertz CT molecular complexity index is 842. The molecule has 0 atom stereocenters. The quantitative estimate of drug-likeness (QED) is 0.573. The first kappa shape index (κ1) is 15.6. The van der Waals surface area contributed by atoms with Crippen LogP contribution in [0.1, 0.15) is 12.8 Å². The fourth-order valence-corrected chi connectivity index (χ4v) is 2.62. The predicted molar refractivity (Wildman–Crippen MR) is 83.3 cm³/mol. The fraction of sp³-hybridized carbons (Fsp3) is 0.235. The highest BCUT2D eigenvalue weighted by molar-refractivity contribution is 5.80. The molecule has 1 heterocycles. The topological polar surface area (TPSA) is 43.8 Å². The number of aromatic nitrogens is 2. The first-order chi connectivity index (χ1) is 11.1. The summed E-state index contributed by atoms with van der Waals surface area (Å²) in [5.74, 6) is -3.62. The number of nitrogens with zero attached hydrogens (tertiary/aromatic N) is 2. The molecule has 0 fully saturated rings. The number of aryl methyl sites for hydroxylation is 1. The molecule has 3 nitrogen and oxygen atoms in total. The molecular weight excluding hydrogens is 303 g/mol. The second kappa shape index (κ2) is 6.42. The molecule has 2 aromatic carbocycles. The van der Waals surface area contributed by atoms with E-state index >= 15 is 0 Å². The SMILES string of the molecule is NCCCCn1c(-c2ccc(F)c(F)c2F)nc2ccccc21. The Morgan fingerprint density at radius 1 is 0.957 bits per heavy atom. The maximum atomic E-state index is 14.2. The van der Waals surface area contributed by atoms with Crippen molar-refractivity contribution in [1.82, 2.24) is 9.55 Å². The predicted octanol–water partition coefficient (Wildman–Crippen LogP) is 3.86. The van der Waals surface area contributed by atoms with Crippen molar-refractivity contribution in [2.75, 3.05) is 6.54 Å². The first-order valence-corrected chi connectivity index (χ1v) is 7.42. The van der Waals surface area contributed by atoms with Crippen LogP contribution in [-0.4, -0.2) is 16.1 Å². The van der Waals surface area contributed by atoms with Gasteiger partial charge in [-0.15, -0.1) is 0 Å². The summed E-state index contributed by atoms with van der Waals surface area (Å²) in [6.45, 7) is 1.13. The highest BCUT2D eigenvalue weighted by atomic mass is 19.2. The van der Waals surface area contributed by atoms with E-state index in [1.54, 1.807) is 6.07 Å². The Morgan fingerprint density at radius 2 is 1.74 bits per heavy atom. The van der Waals surface area contributed by atoms with E-state index in [0.717, 1.165) is 24.4 Å². The summed E-state index contributed by atoms with van der Waals surface area (Å²) in [7, 11) is 0. The molecule has 0 radical (unpaired) electrons. The van der Waals surface area contributed by atoms with Crippen LogP contribution in [0.25, 0.3) is 22.4 Å². The minimum atomic E-state index is -1.48. The van der Waals surface area contributed by atoms with Gasteiger partial charge in [-0.05, 0) is 43.7 Å².